The number of ether oxygens (including phenoxy) is 2. The predicted molar refractivity (Wildman–Crippen MR) is 238 cm³/mol. The van der Waals surface area contributed by atoms with E-state index in [2.05, 4.69) is 123 Å². The normalized spacial score (nSPS) is 14.4. The third-order valence-electron chi connectivity index (χ3n) is 8.15. The molecule has 0 rings (SSSR count). The Kier molecular flexibility index (Phi) is 39.8. The van der Waals surface area contributed by atoms with Gasteiger partial charge in [-0.25, -0.2) is 4.57 Å². The van der Waals surface area contributed by atoms with Gasteiger partial charge in [0.1, 0.15) is 6.61 Å². The molecule has 322 valence electrons. The van der Waals surface area contributed by atoms with Crippen LogP contribution in [0, 0.1) is 0 Å². The SMILES string of the molecule is CC/C=C\C/C=C\C/C=C\C/C=C\C/C=C\CCCCCC(=O)O[C@H](COC(=O)CCCCCC/C=C\C/C=C\C/C=C\C/C=C\CC)COP(=O)(O)OCCN. The van der Waals surface area contributed by atoms with Gasteiger partial charge in [-0.15, -0.1) is 0 Å². The van der Waals surface area contributed by atoms with Crippen LogP contribution in [0.2, 0.25) is 0 Å². The Morgan fingerprint density at radius 2 is 0.912 bits per heavy atom. The van der Waals surface area contributed by atoms with Crippen LogP contribution < -0.4 is 5.73 Å². The van der Waals surface area contributed by atoms with Gasteiger partial charge in [-0.3, -0.25) is 18.6 Å². The Bertz CT molecular complexity index is 1290. The summed E-state index contributed by atoms with van der Waals surface area (Å²) in [5.41, 5.74) is 5.34. The van der Waals surface area contributed by atoms with E-state index in [0.717, 1.165) is 103 Å². The number of allylic oxidation sites excluding steroid dienone is 18. The zero-order valence-corrected chi connectivity index (χ0v) is 36.2. The molecular weight excluding hydrogens is 737 g/mol. The van der Waals surface area contributed by atoms with Crippen molar-refractivity contribution in [3.63, 3.8) is 0 Å². The number of esters is 2. The average Bonchev–Trinajstić information content (AvgIpc) is 3.20. The van der Waals surface area contributed by atoms with E-state index in [1.54, 1.807) is 0 Å². The minimum Gasteiger partial charge on any atom is -0.462 e. The predicted octanol–water partition coefficient (Wildman–Crippen LogP) is 12.4. The first-order valence-electron chi connectivity index (χ1n) is 21.4. The summed E-state index contributed by atoms with van der Waals surface area (Å²) in [5, 5.41) is 0. The number of carbonyl (C=O) groups is 2. The highest BCUT2D eigenvalue weighted by Crippen LogP contribution is 2.43. The van der Waals surface area contributed by atoms with Crippen molar-refractivity contribution in [2.45, 2.75) is 148 Å². The maximum absolute atomic E-state index is 12.6. The average molecular weight is 814 g/mol. The van der Waals surface area contributed by atoms with Gasteiger partial charge in [0, 0.05) is 19.4 Å². The van der Waals surface area contributed by atoms with E-state index in [1.165, 1.54) is 0 Å². The Morgan fingerprint density at radius 3 is 1.35 bits per heavy atom. The number of phosphoric ester groups is 1. The van der Waals surface area contributed by atoms with Crippen LogP contribution in [0.15, 0.2) is 109 Å². The maximum atomic E-state index is 12.6. The Morgan fingerprint density at radius 1 is 0.526 bits per heavy atom. The molecule has 0 aliphatic heterocycles. The monoisotopic (exact) mass is 814 g/mol. The number of carbonyl (C=O) groups excluding carboxylic acids is 2. The summed E-state index contributed by atoms with van der Waals surface area (Å²) in [6.07, 6.45) is 55.4. The molecule has 0 aromatic rings. The molecule has 0 amide bonds. The molecule has 0 radical (unpaired) electrons. The second-order valence-corrected chi connectivity index (χ2v) is 14.9. The lowest BCUT2D eigenvalue weighted by Gasteiger charge is -2.19. The van der Waals surface area contributed by atoms with Crippen molar-refractivity contribution in [2.24, 2.45) is 5.73 Å². The smallest absolute Gasteiger partial charge is 0.462 e. The zero-order valence-electron chi connectivity index (χ0n) is 35.3. The van der Waals surface area contributed by atoms with E-state index in [1.807, 2.05) is 0 Å². The Labute approximate surface area is 346 Å². The van der Waals surface area contributed by atoms with E-state index >= 15 is 0 Å². The van der Waals surface area contributed by atoms with Gasteiger partial charge in [0.2, 0.25) is 0 Å². The molecule has 0 aromatic heterocycles. The van der Waals surface area contributed by atoms with Crippen LogP contribution in [0.25, 0.3) is 0 Å². The molecule has 0 saturated carbocycles. The maximum Gasteiger partial charge on any atom is 0.472 e. The fourth-order valence-electron chi connectivity index (χ4n) is 5.06. The third-order valence-corrected chi connectivity index (χ3v) is 9.14. The van der Waals surface area contributed by atoms with Gasteiger partial charge in [-0.1, -0.05) is 142 Å². The van der Waals surface area contributed by atoms with E-state index in [0.29, 0.717) is 12.8 Å². The summed E-state index contributed by atoms with van der Waals surface area (Å²) in [6.45, 7) is 3.40. The minimum absolute atomic E-state index is 0.0372. The largest absolute Gasteiger partial charge is 0.472 e. The van der Waals surface area contributed by atoms with Gasteiger partial charge in [0.25, 0.3) is 0 Å². The standard InChI is InChI=1S/C47H76NO8P/c1-3-5-7-9-11-13-15-17-19-21-22-24-26-28-30-32-34-36-38-40-47(50)56-45(44-55-57(51,52)54-42-41-48)43-53-46(49)39-37-35-33-31-29-27-25-23-20-18-16-14-12-10-8-6-4-2/h5-8,11-14,17-20,22,24-25,27-28,30,45H,3-4,9-10,15-16,21,23,26,29,31-44,48H2,1-2H3,(H,51,52)/b7-5-,8-6-,13-11-,14-12-,19-17-,20-18-,24-22-,27-25-,30-28-/t45-/m1/s1. The summed E-state index contributed by atoms with van der Waals surface area (Å²) >= 11 is 0. The number of phosphoric acid groups is 1. The molecule has 57 heavy (non-hydrogen) atoms. The van der Waals surface area contributed by atoms with Gasteiger partial charge in [-0.2, -0.15) is 0 Å². The fraction of sp³-hybridized carbons (Fsp3) is 0.574. The molecular formula is C47H76NO8P. The van der Waals surface area contributed by atoms with Gasteiger partial charge in [-0.05, 0) is 96.3 Å². The van der Waals surface area contributed by atoms with Crippen molar-refractivity contribution in [2.75, 3.05) is 26.4 Å². The molecule has 0 saturated heterocycles. The lowest BCUT2D eigenvalue weighted by molar-refractivity contribution is -0.161. The van der Waals surface area contributed by atoms with E-state index in [9.17, 15) is 19.0 Å². The van der Waals surface area contributed by atoms with Crippen molar-refractivity contribution in [3.05, 3.63) is 109 Å². The molecule has 3 N–H and O–H groups in total. The van der Waals surface area contributed by atoms with Crippen molar-refractivity contribution < 1.29 is 37.6 Å². The van der Waals surface area contributed by atoms with Crippen molar-refractivity contribution in [1.29, 1.82) is 0 Å². The second-order valence-electron chi connectivity index (χ2n) is 13.4. The molecule has 0 aliphatic carbocycles. The quantitative estimate of drug-likeness (QED) is 0.0270. The van der Waals surface area contributed by atoms with Crippen LogP contribution in [-0.2, 0) is 32.7 Å². The van der Waals surface area contributed by atoms with Gasteiger partial charge in [0.15, 0.2) is 6.10 Å². The van der Waals surface area contributed by atoms with Crippen LogP contribution in [0.5, 0.6) is 0 Å². The van der Waals surface area contributed by atoms with Gasteiger partial charge < -0.3 is 20.1 Å². The number of rotatable bonds is 38. The number of hydrogen-bond acceptors (Lipinski definition) is 8. The fourth-order valence-corrected chi connectivity index (χ4v) is 5.83. The molecule has 2 atom stereocenters. The molecule has 0 bridgehead atoms. The molecule has 1 unspecified atom stereocenters. The summed E-state index contributed by atoms with van der Waals surface area (Å²) in [5.74, 6) is -0.907. The minimum atomic E-state index is -4.40. The van der Waals surface area contributed by atoms with Crippen molar-refractivity contribution >= 4 is 19.8 Å². The molecule has 0 fully saturated rings. The molecule has 10 heteroatoms. The first-order valence-corrected chi connectivity index (χ1v) is 22.9. The van der Waals surface area contributed by atoms with Crippen LogP contribution in [0.1, 0.15) is 142 Å². The van der Waals surface area contributed by atoms with E-state index in [4.69, 9.17) is 24.3 Å². The summed E-state index contributed by atoms with van der Waals surface area (Å²) in [7, 11) is -4.40. The lowest BCUT2D eigenvalue weighted by atomic mass is 10.1. The van der Waals surface area contributed by atoms with Gasteiger partial charge >= 0.3 is 19.8 Å². The topological polar surface area (TPSA) is 134 Å². The van der Waals surface area contributed by atoms with Crippen molar-refractivity contribution in [3.8, 4) is 0 Å². The van der Waals surface area contributed by atoms with Crippen LogP contribution >= 0.6 is 7.82 Å². The molecule has 0 aromatic carbocycles. The van der Waals surface area contributed by atoms with E-state index in [-0.39, 0.29) is 32.6 Å². The van der Waals surface area contributed by atoms with Crippen LogP contribution in [0.3, 0.4) is 0 Å². The second kappa shape index (κ2) is 42.3. The first kappa shape index (κ1) is 53.7. The van der Waals surface area contributed by atoms with Crippen molar-refractivity contribution in [1.82, 2.24) is 0 Å². The van der Waals surface area contributed by atoms with Gasteiger partial charge in [0.05, 0.1) is 13.2 Å². The molecule has 0 spiro atoms. The number of nitrogens with two attached hydrogens (primary N) is 1. The number of unbranched alkanes of at least 4 members (excludes halogenated alkanes) is 7. The Hall–Kier alpha value is -3.33. The number of hydrogen-bond donors (Lipinski definition) is 2. The Balaban J connectivity index is 4.31. The molecule has 0 aliphatic rings. The molecule has 0 heterocycles. The molecule has 9 nitrogen and oxygen atoms in total. The highest BCUT2D eigenvalue weighted by Gasteiger charge is 2.25. The highest BCUT2D eigenvalue weighted by atomic mass is 31.2. The summed E-state index contributed by atoms with van der Waals surface area (Å²) in [4.78, 5) is 34.9. The van der Waals surface area contributed by atoms with E-state index < -0.39 is 32.5 Å². The third kappa shape index (κ3) is 42.1. The summed E-state index contributed by atoms with van der Waals surface area (Å²) < 4.78 is 32.7. The van der Waals surface area contributed by atoms with Crippen LogP contribution in [0.4, 0.5) is 0 Å². The first-order chi connectivity index (χ1) is 27.8. The van der Waals surface area contributed by atoms with Crippen LogP contribution in [-0.4, -0.2) is 49.3 Å². The zero-order chi connectivity index (χ0) is 41.8. The lowest BCUT2D eigenvalue weighted by Crippen LogP contribution is -2.29. The summed E-state index contributed by atoms with van der Waals surface area (Å²) in [6, 6.07) is 0. The highest BCUT2D eigenvalue weighted by molar-refractivity contribution is 7.47.